The Morgan fingerprint density at radius 1 is 1.20 bits per heavy atom. The minimum Gasteiger partial charge on any atom is -0.482 e. The van der Waals surface area contributed by atoms with E-state index in [2.05, 4.69) is 24.8 Å². The summed E-state index contributed by atoms with van der Waals surface area (Å²) in [7, 11) is 0. The number of hydrogen-bond acceptors (Lipinski definition) is 3. The highest BCUT2D eigenvalue weighted by atomic mass is 16.5. The van der Waals surface area contributed by atoms with Crippen molar-refractivity contribution in [1.82, 2.24) is 4.90 Å². The van der Waals surface area contributed by atoms with Crippen molar-refractivity contribution >= 4 is 11.6 Å². The Kier molecular flexibility index (Phi) is 6.14. The van der Waals surface area contributed by atoms with Gasteiger partial charge < -0.3 is 14.5 Å². The number of fused-ring (bicyclic) bond motifs is 1. The molecule has 2 aliphatic heterocycles. The largest absolute Gasteiger partial charge is 0.482 e. The molecule has 2 aliphatic rings. The van der Waals surface area contributed by atoms with Gasteiger partial charge in [-0.2, -0.15) is 0 Å². The molecule has 1 fully saturated rings. The van der Waals surface area contributed by atoms with E-state index in [9.17, 15) is 4.79 Å². The third-order valence-electron chi connectivity index (χ3n) is 5.09. The normalized spacial score (nSPS) is 19.4. The van der Waals surface area contributed by atoms with E-state index >= 15 is 0 Å². The van der Waals surface area contributed by atoms with Crippen LogP contribution in [-0.4, -0.2) is 43.6 Å². The smallest absolute Gasteiger partial charge is 0.265 e. The average Bonchev–Trinajstić information content (AvgIpc) is 2.63. The maximum absolute atomic E-state index is 12.3. The van der Waals surface area contributed by atoms with Gasteiger partial charge in [-0.3, -0.25) is 4.79 Å². The zero-order valence-corrected chi connectivity index (χ0v) is 15.5. The Bertz CT molecular complexity index is 616. The van der Waals surface area contributed by atoms with Crippen molar-refractivity contribution in [2.45, 2.75) is 39.5 Å². The average molecular weight is 342 g/mol. The molecule has 1 amide bonds. The van der Waals surface area contributed by atoms with Crippen LogP contribution in [0.25, 0.3) is 0 Å². The van der Waals surface area contributed by atoms with Crippen LogP contribution in [0.15, 0.2) is 35.9 Å². The number of nitrogens with zero attached hydrogens (tertiary/aromatic N) is 2. The minimum atomic E-state index is 0.0639. The van der Waals surface area contributed by atoms with Gasteiger partial charge in [0.1, 0.15) is 5.75 Å². The van der Waals surface area contributed by atoms with Crippen molar-refractivity contribution in [2.24, 2.45) is 5.92 Å². The van der Waals surface area contributed by atoms with Crippen LogP contribution in [0.1, 0.15) is 39.5 Å². The second kappa shape index (κ2) is 8.52. The second-order valence-corrected chi connectivity index (χ2v) is 7.32. The molecule has 136 valence electrons. The van der Waals surface area contributed by atoms with Gasteiger partial charge >= 0.3 is 0 Å². The minimum absolute atomic E-state index is 0.0639. The van der Waals surface area contributed by atoms with Crippen molar-refractivity contribution in [3.05, 3.63) is 35.9 Å². The molecular formula is C21H30N2O2. The maximum atomic E-state index is 12.3. The van der Waals surface area contributed by atoms with E-state index in [-0.39, 0.29) is 12.5 Å². The summed E-state index contributed by atoms with van der Waals surface area (Å²) in [5.41, 5.74) is 2.54. The zero-order valence-electron chi connectivity index (χ0n) is 15.5. The fraction of sp³-hybridized carbons (Fsp3) is 0.571. The van der Waals surface area contributed by atoms with Crippen LogP contribution < -0.4 is 9.64 Å². The van der Waals surface area contributed by atoms with Crippen LogP contribution in [-0.2, 0) is 4.79 Å². The van der Waals surface area contributed by atoms with Gasteiger partial charge in [-0.1, -0.05) is 44.1 Å². The first-order valence-corrected chi connectivity index (χ1v) is 9.59. The van der Waals surface area contributed by atoms with E-state index in [4.69, 9.17) is 4.74 Å². The van der Waals surface area contributed by atoms with Crippen molar-refractivity contribution in [1.29, 1.82) is 0 Å². The summed E-state index contributed by atoms with van der Waals surface area (Å²) in [4.78, 5) is 16.8. The molecule has 1 unspecified atom stereocenters. The van der Waals surface area contributed by atoms with Crippen LogP contribution in [0.4, 0.5) is 5.69 Å². The summed E-state index contributed by atoms with van der Waals surface area (Å²) in [6.07, 6.45) is 7.28. The molecule has 0 radical (unpaired) electrons. The van der Waals surface area contributed by atoms with E-state index in [0.29, 0.717) is 5.92 Å². The van der Waals surface area contributed by atoms with Crippen molar-refractivity contribution in [3.63, 3.8) is 0 Å². The number of piperidine rings is 1. The van der Waals surface area contributed by atoms with E-state index in [1.165, 1.54) is 25.7 Å². The highest BCUT2D eigenvalue weighted by Crippen LogP contribution is 2.32. The summed E-state index contributed by atoms with van der Waals surface area (Å²) in [6.45, 7) is 8.73. The monoisotopic (exact) mass is 342 g/mol. The van der Waals surface area contributed by atoms with Gasteiger partial charge in [0, 0.05) is 26.2 Å². The second-order valence-electron chi connectivity index (χ2n) is 7.32. The molecule has 1 atom stereocenters. The maximum Gasteiger partial charge on any atom is 0.265 e. The lowest BCUT2D eigenvalue weighted by Crippen LogP contribution is -2.44. The van der Waals surface area contributed by atoms with Crippen molar-refractivity contribution in [2.75, 3.05) is 37.7 Å². The number of benzene rings is 1. The van der Waals surface area contributed by atoms with Gasteiger partial charge in [-0.05, 0) is 37.3 Å². The van der Waals surface area contributed by atoms with Gasteiger partial charge in [-0.25, -0.2) is 0 Å². The third kappa shape index (κ3) is 4.63. The standard InChI is InChI=1S/C21H30N2O2/c1-3-4-7-18-10-12-22(13-11-18)14-17(2)15-23-19-8-5-6-9-20(19)25-16-21(23)24/h5-9,17H,3-4,10-16H2,1-2H3. The van der Waals surface area contributed by atoms with Gasteiger partial charge in [-0.15, -0.1) is 0 Å². The predicted octanol–water partition coefficient (Wildman–Crippen LogP) is 3.87. The molecular weight excluding hydrogens is 312 g/mol. The van der Waals surface area contributed by atoms with Crippen molar-refractivity contribution < 1.29 is 9.53 Å². The Morgan fingerprint density at radius 3 is 2.72 bits per heavy atom. The number of carbonyl (C=O) groups excluding carboxylic acids is 1. The Labute approximate surface area is 151 Å². The first-order valence-electron chi connectivity index (χ1n) is 9.59. The summed E-state index contributed by atoms with van der Waals surface area (Å²) >= 11 is 0. The SMILES string of the molecule is CCCC=C1CCN(CC(C)CN2C(=O)COc3ccccc32)CC1. The molecule has 0 spiro atoms. The molecule has 1 aromatic carbocycles. The molecule has 1 saturated heterocycles. The Hall–Kier alpha value is -1.81. The summed E-state index contributed by atoms with van der Waals surface area (Å²) < 4.78 is 5.53. The van der Waals surface area contributed by atoms with Crippen LogP contribution in [0.2, 0.25) is 0 Å². The lowest BCUT2D eigenvalue weighted by molar-refractivity contribution is -0.121. The molecule has 3 rings (SSSR count). The molecule has 0 aromatic heterocycles. The fourth-order valence-corrected chi connectivity index (χ4v) is 3.74. The molecule has 25 heavy (non-hydrogen) atoms. The van der Waals surface area contributed by atoms with Crippen LogP contribution in [0, 0.1) is 5.92 Å². The van der Waals surface area contributed by atoms with E-state index in [0.717, 1.165) is 37.6 Å². The highest BCUT2D eigenvalue weighted by molar-refractivity contribution is 5.97. The number of amides is 1. The molecule has 0 bridgehead atoms. The van der Waals surface area contributed by atoms with Crippen molar-refractivity contribution in [3.8, 4) is 5.75 Å². The number of allylic oxidation sites excluding steroid dienone is 1. The number of para-hydroxylation sites is 2. The van der Waals surface area contributed by atoms with Crippen LogP contribution in [0.5, 0.6) is 5.75 Å². The number of unbranched alkanes of at least 4 members (excludes halogenated alkanes) is 1. The number of hydrogen-bond donors (Lipinski definition) is 0. The lowest BCUT2D eigenvalue weighted by atomic mass is 10.0. The van der Waals surface area contributed by atoms with Gasteiger partial charge in [0.25, 0.3) is 5.91 Å². The highest BCUT2D eigenvalue weighted by Gasteiger charge is 2.27. The molecule has 0 aliphatic carbocycles. The number of anilines is 1. The number of carbonyl (C=O) groups is 1. The van der Waals surface area contributed by atoms with E-state index in [1.807, 2.05) is 29.2 Å². The topological polar surface area (TPSA) is 32.8 Å². The number of rotatable bonds is 6. The predicted molar refractivity (Wildman–Crippen MR) is 102 cm³/mol. The first-order chi connectivity index (χ1) is 12.2. The lowest BCUT2D eigenvalue weighted by Gasteiger charge is -2.34. The molecule has 4 nitrogen and oxygen atoms in total. The van der Waals surface area contributed by atoms with Gasteiger partial charge in [0.05, 0.1) is 5.69 Å². The first kappa shape index (κ1) is 18.0. The van der Waals surface area contributed by atoms with Crippen LogP contribution >= 0.6 is 0 Å². The molecule has 0 saturated carbocycles. The molecule has 0 N–H and O–H groups in total. The van der Waals surface area contributed by atoms with Crippen LogP contribution in [0.3, 0.4) is 0 Å². The zero-order chi connectivity index (χ0) is 17.6. The quantitative estimate of drug-likeness (QED) is 0.736. The summed E-state index contributed by atoms with van der Waals surface area (Å²) in [5, 5.41) is 0. The van der Waals surface area contributed by atoms with E-state index < -0.39 is 0 Å². The fourth-order valence-electron chi connectivity index (χ4n) is 3.74. The number of ether oxygens (including phenoxy) is 1. The van der Waals surface area contributed by atoms with Gasteiger partial charge in [0.15, 0.2) is 6.61 Å². The number of likely N-dealkylation sites (tertiary alicyclic amines) is 1. The van der Waals surface area contributed by atoms with E-state index in [1.54, 1.807) is 5.57 Å². The molecule has 1 aromatic rings. The summed E-state index contributed by atoms with van der Waals surface area (Å²) in [5.74, 6) is 1.32. The Morgan fingerprint density at radius 2 is 1.96 bits per heavy atom. The summed E-state index contributed by atoms with van der Waals surface area (Å²) in [6, 6.07) is 7.83. The Balaban J connectivity index is 1.53. The van der Waals surface area contributed by atoms with Gasteiger partial charge in [0.2, 0.25) is 0 Å². The molecule has 4 heteroatoms. The third-order valence-corrected chi connectivity index (χ3v) is 5.09. The molecule has 2 heterocycles.